The van der Waals surface area contributed by atoms with Gasteiger partial charge in [-0.15, -0.1) is 0 Å². The molecule has 4 rings (SSSR count). The highest BCUT2D eigenvalue weighted by molar-refractivity contribution is 6.06. The lowest BCUT2D eigenvalue weighted by Crippen LogP contribution is -2.38. The van der Waals surface area contributed by atoms with Gasteiger partial charge in [0, 0.05) is 63.0 Å². The van der Waals surface area contributed by atoms with Gasteiger partial charge in [0.25, 0.3) is 5.91 Å². The first kappa shape index (κ1) is 21.3. The summed E-state index contributed by atoms with van der Waals surface area (Å²) in [5.41, 5.74) is 3.34. The van der Waals surface area contributed by atoms with Crippen molar-refractivity contribution < 1.29 is 9.53 Å². The third-order valence-corrected chi connectivity index (χ3v) is 5.50. The molecular formula is C24H29N5O2. The highest BCUT2D eigenvalue weighted by atomic mass is 16.5. The Hall–Kier alpha value is -2.90. The smallest absolute Gasteiger partial charge is 0.254 e. The molecule has 1 amide bonds. The minimum absolute atomic E-state index is 0.0325. The lowest BCUT2D eigenvalue weighted by Gasteiger charge is -2.32. The molecule has 1 unspecified atom stereocenters. The maximum atomic E-state index is 12.8. The van der Waals surface area contributed by atoms with E-state index in [1.165, 1.54) is 0 Å². The summed E-state index contributed by atoms with van der Waals surface area (Å²) in [5, 5.41) is 0.861. The van der Waals surface area contributed by atoms with E-state index < -0.39 is 0 Å². The molecule has 1 aromatic carbocycles. The zero-order valence-electron chi connectivity index (χ0n) is 18.6. The summed E-state index contributed by atoms with van der Waals surface area (Å²) >= 11 is 0. The van der Waals surface area contributed by atoms with Crippen LogP contribution in [-0.4, -0.2) is 64.5 Å². The zero-order chi connectivity index (χ0) is 22.0. The van der Waals surface area contributed by atoms with Crippen molar-refractivity contribution in [1.29, 1.82) is 0 Å². The van der Waals surface area contributed by atoms with Crippen molar-refractivity contribution in [3.05, 3.63) is 65.4 Å². The summed E-state index contributed by atoms with van der Waals surface area (Å²) in [6, 6.07) is 9.65. The number of benzene rings is 1. The molecule has 3 aromatic rings. The van der Waals surface area contributed by atoms with Crippen LogP contribution in [0.4, 0.5) is 0 Å². The van der Waals surface area contributed by atoms with E-state index in [0.29, 0.717) is 24.6 Å². The average Bonchev–Trinajstić information content (AvgIpc) is 2.78. The minimum Gasteiger partial charge on any atom is -0.369 e. The van der Waals surface area contributed by atoms with Gasteiger partial charge in [-0.2, -0.15) is 0 Å². The summed E-state index contributed by atoms with van der Waals surface area (Å²) in [4.78, 5) is 30.5. The van der Waals surface area contributed by atoms with Crippen LogP contribution in [0.15, 0.2) is 42.7 Å². The second-order valence-electron chi connectivity index (χ2n) is 8.51. The van der Waals surface area contributed by atoms with Crippen molar-refractivity contribution in [2.75, 3.05) is 33.8 Å². The van der Waals surface area contributed by atoms with E-state index in [-0.39, 0.29) is 12.0 Å². The molecule has 1 fully saturated rings. The molecular weight excluding hydrogens is 390 g/mol. The molecule has 7 nitrogen and oxygen atoms in total. The number of nitrogens with zero attached hydrogens (tertiary/aromatic N) is 5. The number of amides is 1. The van der Waals surface area contributed by atoms with Gasteiger partial charge in [0.05, 0.1) is 23.4 Å². The first-order valence-corrected chi connectivity index (χ1v) is 10.7. The zero-order valence-corrected chi connectivity index (χ0v) is 18.6. The maximum Gasteiger partial charge on any atom is 0.254 e. The number of para-hydroxylation sites is 1. The van der Waals surface area contributed by atoms with Crippen LogP contribution in [0.2, 0.25) is 0 Å². The fraction of sp³-hybridized carbons (Fsp3) is 0.417. The van der Waals surface area contributed by atoms with Gasteiger partial charge < -0.3 is 9.64 Å². The van der Waals surface area contributed by atoms with Crippen molar-refractivity contribution >= 4 is 16.8 Å². The Kier molecular flexibility index (Phi) is 6.25. The van der Waals surface area contributed by atoms with Crippen molar-refractivity contribution in [3.8, 4) is 0 Å². The number of hydrogen-bond donors (Lipinski definition) is 0. The molecule has 31 heavy (non-hydrogen) atoms. The van der Waals surface area contributed by atoms with Crippen LogP contribution in [0.3, 0.4) is 0 Å². The van der Waals surface area contributed by atoms with Gasteiger partial charge in [-0.3, -0.25) is 9.69 Å². The fourth-order valence-corrected chi connectivity index (χ4v) is 3.81. The number of morpholine rings is 1. The third-order valence-electron chi connectivity index (χ3n) is 5.50. The first-order chi connectivity index (χ1) is 14.9. The second-order valence-corrected chi connectivity index (χ2v) is 8.51. The molecule has 0 saturated carbocycles. The van der Waals surface area contributed by atoms with E-state index >= 15 is 0 Å². The van der Waals surface area contributed by atoms with E-state index in [1.54, 1.807) is 19.0 Å². The number of carbonyl (C=O) groups excluding carboxylic acids is 1. The van der Waals surface area contributed by atoms with E-state index in [2.05, 4.69) is 28.7 Å². The standard InChI is InChI=1S/C24H29N5O2/c1-16(2)23-25-12-17(13-26-23)14-29-9-10-31-22(15-29)21-11-19(24(30)28(3)4)18-7-5-6-8-20(18)27-21/h5-8,11-13,16,22H,9-10,14-15H2,1-4H3. The number of pyridine rings is 1. The van der Waals surface area contributed by atoms with E-state index in [0.717, 1.165) is 41.1 Å². The van der Waals surface area contributed by atoms with E-state index in [1.807, 2.05) is 42.7 Å². The van der Waals surface area contributed by atoms with Crippen LogP contribution in [0.25, 0.3) is 10.9 Å². The summed E-state index contributed by atoms with van der Waals surface area (Å²) in [6.07, 6.45) is 3.63. The second kappa shape index (κ2) is 9.08. The number of ether oxygens (including phenoxy) is 1. The van der Waals surface area contributed by atoms with Gasteiger partial charge in [0.15, 0.2) is 0 Å². The predicted molar refractivity (Wildman–Crippen MR) is 120 cm³/mol. The topological polar surface area (TPSA) is 71.5 Å². The van der Waals surface area contributed by atoms with Crippen LogP contribution in [-0.2, 0) is 11.3 Å². The van der Waals surface area contributed by atoms with E-state index in [9.17, 15) is 4.79 Å². The predicted octanol–water partition coefficient (Wildman–Crippen LogP) is 3.42. The lowest BCUT2D eigenvalue weighted by atomic mass is 10.0. The van der Waals surface area contributed by atoms with Crippen LogP contribution in [0.5, 0.6) is 0 Å². The lowest BCUT2D eigenvalue weighted by molar-refractivity contribution is -0.0349. The van der Waals surface area contributed by atoms with Gasteiger partial charge in [-0.1, -0.05) is 32.0 Å². The van der Waals surface area contributed by atoms with Gasteiger partial charge in [0.2, 0.25) is 0 Å². The molecule has 2 aromatic heterocycles. The summed E-state index contributed by atoms with van der Waals surface area (Å²) in [5.74, 6) is 1.15. The monoisotopic (exact) mass is 419 g/mol. The normalized spacial score (nSPS) is 17.3. The van der Waals surface area contributed by atoms with Crippen molar-refractivity contribution in [3.63, 3.8) is 0 Å². The molecule has 0 N–H and O–H groups in total. The Morgan fingerprint density at radius 3 is 2.68 bits per heavy atom. The highest BCUT2D eigenvalue weighted by Gasteiger charge is 2.25. The first-order valence-electron chi connectivity index (χ1n) is 10.7. The molecule has 1 atom stereocenters. The van der Waals surface area contributed by atoms with Gasteiger partial charge in [-0.25, -0.2) is 15.0 Å². The Balaban J connectivity index is 1.57. The van der Waals surface area contributed by atoms with Gasteiger partial charge in [0.1, 0.15) is 11.9 Å². The molecule has 0 aliphatic carbocycles. The number of hydrogen-bond acceptors (Lipinski definition) is 6. The Labute approximate surface area is 183 Å². The van der Waals surface area contributed by atoms with Crippen LogP contribution >= 0.6 is 0 Å². The van der Waals surface area contributed by atoms with Crippen LogP contribution < -0.4 is 0 Å². The molecule has 1 aliphatic rings. The third kappa shape index (κ3) is 4.73. The van der Waals surface area contributed by atoms with Crippen molar-refractivity contribution in [2.45, 2.75) is 32.4 Å². The largest absolute Gasteiger partial charge is 0.369 e. The SMILES string of the molecule is CC(C)c1ncc(CN2CCOC(c3cc(C(=O)N(C)C)c4ccccc4n3)C2)cn1. The van der Waals surface area contributed by atoms with Gasteiger partial charge in [-0.05, 0) is 12.1 Å². The molecule has 0 spiro atoms. The fourth-order valence-electron chi connectivity index (χ4n) is 3.81. The Bertz CT molecular complexity index is 1070. The number of aromatic nitrogens is 3. The molecule has 3 heterocycles. The van der Waals surface area contributed by atoms with E-state index in [4.69, 9.17) is 9.72 Å². The van der Waals surface area contributed by atoms with Crippen molar-refractivity contribution in [1.82, 2.24) is 24.8 Å². The Morgan fingerprint density at radius 2 is 1.97 bits per heavy atom. The number of rotatable bonds is 5. The molecule has 0 bridgehead atoms. The molecule has 1 saturated heterocycles. The van der Waals surface area contributed by atoms with Crippen LogP contribution in [0, 0.1) is 0 Å². The van der Waals surface area contributed by atoms with Crippen LogP contribution in [0.1, 0.15) is 53.3 Å². The summed E-state index contributed by atoms with van der Waals surface area (Å²) < 4.78 is 6.07. The molecule has 1 aliphatic heterocycles. The van der Waals surface area contributed by atoms with Crippen molar-refractivity contribution in [2.24, 2.45) is 0 Å². The quantitative estimate of drug-likeness (QED) is 0.631. The maximum absolute atomic E-state index is 12.8. The average molecular weight is 420 g/mol. The molecule has 162 valence electrons. The van der Waals surface area contributed by atoms with Gasteiger partial charge >= 0.3 is 0 Å². The highest BCUT2D eigenvalue weighted by Crippen LogP contribution is 2.27. The molecule has 7 heteroatoms. The number of carbonyl (C=O) groups is 1. The molecule has 0 radical (unpaired) electrons. The summed E-state index contributed by atoms with van der Waals surface area (Å²) in [6.45, 7) is 7.09. The Morgan fingerprint density at radius 1 is 1.23 bits per heavy atom. The minimum atomic E-state index is -0.192. The number of fused-ring (bicyclic) bond motifs is 1. The summed E-state index contributed by atoms with van der Waals surface area (Å²) in [7, 11) is 3.53.